The predicted molar refractivity (Wildman–Crippen MR) is 161 cm³/mol. The largest absolute Gasteiger partial charge is 0.299 e. The molecule has 2 aromatic rings. The minimum absolute atomic E-state index is 0.223. The average Bonchev–Trinajstić information content (AvgIpc) is 2.94. The van der Waals surface area contributed by atoms with Crippen LogP contribution in [-0.4, -0.2) is 63.2 Å². The van der Waals surface area contributed by atoms with Crippen molar-refractivity contribution in [2.45, 2.75) is 70.1 Å². The van der Waals surface area contributed by atoms with Gasteiger partial charge in [-0.2, -0.15) is 0 Å². The molecule has 0 saturated heterocycles. The van der Waals surface area contributed by atoms with Gasteiger partial charge in [-0.05, 0) is 98.0 Å². The highest BCUT2D eigenvalue weighted by Crippen LogP contribution is 2.26. The molecule has 4 nitrogen and oxygen atoms in total. The first-order valence-electron chi connectivity index (χ1n) is 14.7. The number of unbranched alkanes of at least 4 members (excludes halogenated alkanes) is 2. The molecule has 0 aliphatic carbocycles. The van der Waals surface area contributed by atoms with Crippen LogP contribution in [0.25, 0.3) is 11.1 Å². The molecule has 5 heteroatoms. The number of hydrogen-bond acceptors (Lipinski definition) is 4. The van der Waals surface area contributed by atoms with Crippen LogP contribution in [0.2, 0.25) is 0 Å². The molecule has 0 aromatic heterocycles. The highest BCUT2D eigenvalue weighted by Gasteiger charge is 2.17. The van der Waals surface area contributed by atoms with Crippen LogP contribution in [0.15, 0.2) is 65.6 Å². The number of nitrogens with zero attached hydrogens (tertiary/aromatic N) is 2. The lowest BCUT2D eigenvalue weighted by atomic mass is 9.96. The van der Waals surface area contributed by atoms with Crippen LogP contribution in [0.3, 0.4) is 0 Å². The first-order valence-corrected chi connectivity index (χ1v) is 16.4. The zero-order chi connectivity index (χ0) is 26.8. The van der Waals surface area contributed by atoms with Gasteiger partial charge >= 0.3 is 0 Å². The van der Waals surface area contributed by atoms with Crippen LogP contribution in [0.4, 0.5) is 0 Å². The van der Waals surface area contributed by atoms with Gasteiger partial charge in [-0.15, -0.1) is 0 Å². The molecule has 0 amide bonds. The summed E-state index contributed by atoms with van der Waals surface area (Å²) < 4.78 is 26.2. The quantitative estimate of drug-likeness (QED) is 0.263. The van der Waals surface area contributed by atoms with Crippen molar-refractivity contribution in [1.29, 1.82) is 0 Å². The van der Waals surface area contributed by atoms with Crippen LogP contribution >= 0.6 is 0 Å². The number of benzene rings is 2. The molecule has 206 valence electrons. The summed E-state index contributed by atoms with van der Waals surface area (Å²) in [4.78, 5) is 5.44. The topological polar surface area (TPSA) is 40.6 Å². The Morgan fingerprint density at radius 1 is 0.737 bits per heavy atom. The van der Waals surface area contributed by atoms with Gasteiger partial charge in [0.2, 0.25) is 0 Å². The fraction of sp³-hybridized carbons (Fsp3) is 0.515. The summed E-state index contributed by atoms with van der Waals surface area (Å²) in [7, 11) is -3.27. The Kier molecular flexibility index (Phi) is 10.8. The monoisotopic (exact) mass is 534 g/mol. The molecule has 0 unspecified atom stereocenters. The second kappa shape index (κ2) is 14.3. The zero-order valence-corrected chi connectivity index (χ0v) is 24.3. The van der Waals surface area contributed by atoms with Gasteiger partial charge < -0.3 is 0 Å². The van der Waals surface area contributed by atoms with Crippen molar-refractivity contribution < 1.29 is 8.42 Å². The van der Waals surface area contributed by atoms with Crippen molar-refractivity contribution in [1.82, 2.24) is 9.80 Å². The molecule has 2 heterocycles. The van der Waals surface area contributed by atoms with E-state index in [9.17, 15) is 8.42 Å². The lowest BCUT2D eigenvalue weighted by molar-refractivity contribution is 0.302. The molecular weight excluding hydrogens is 488 g/mol. The number of hydrogen-bond donors (Lipinski definition) is 0. The SMILES string of the molecule is CCCN1CC=C(c2cccc(CCCCCS(=O)(=O)c3cccc(C4=CCN(CCC)CC4)c3)c2)CC1. The van der Waals surface area contributed by atoms with Crippen LogP contribution in [0.5, 0.6) is 0 Å². The molecule has 0 bridgehead atoms. The molecule has 2 aromatic carbocycles. The Hall–Kier alpha value is -2.21. The molecule has 2 aliphatic rings. The second-order valence-corrected chi connectivity index (χ2v) is 13.0. The van der Waals surface area contributed by atoms with Crippen molar-refractivity contribution >= 4 is 21.0 Å². The zero-order valence-electron chi connectivity index (χ0n) is 23.5. The molecule has 0 spiro atoms. The van der Waals surface area contributed by atoms with Gasteiger partial charge in [0, 0.05) is 26.2 Å². The second-order valence-electron chi connectivity index (χ2n) is 10.9. The summed E-state index contributed by atoms with van der Waals surface area (Å²) in [5.74, 6) is 0.223. The van der Waals surface area contributed by atoms with Gasteiger partial charge in [0.15, 0.2) is 9.84 Å². The Bertz CT molecular complexity index is 1220. The van der Waals surface area contributed by atoms with E-state index >= 15 is 0 Å². The lowest BCUT2D eigenvalue weighted by Crippen LogP contribution is -2.29. The minimum atomic E-state index is -3.27. The fourth-order valence-corrected chi connectivity index (χ4v) is 7.13. The summed E-state index contributed by atoms with van der Waals surface area (Å²) in [5, 5.41) is 0. The average molecular weight is 535 g/mol. The predicted octanol–water partition coefficient (Wildman–Crippen LogP) is 6.87. The van der Waals surface area contributed by atoms with E-state index in [1.165, 1.54) is 41.7 Å². The van der Waals surface area contributed by atoms with Crippen LogP contribution in [-0.2, 0) is 16.3 Å². The lowest BCUT2D eigenvalue weighted by Gasteiger charge is -2.26. The smallest absolute Gasteiger partial charge is 0.178 e. The molecule has 2 aliphatic heterocycles. The standard InChI is InChI=1S/C33H46N2O2S/c1-3-19-34-21-15-29(16-22-34)31-12-8-11-28(26-31)10-6-5-7-25-38(36,37)33-14-9-13-32(27-33)30-17-23-35(20-4-2)24-18-30/h8-9,11-15,17,26-27H,3-7,10,16,18-25H2,1-2H3. The van der Waals surface area contributed by atoms with Crippen molar-refractivity contribution in [3.8, 4) is 0 Å². The van der Waals surface area contributed by atoms with E-state index in [1.54, 1.807) is 6.07 Å². The van der Waals surface area contributed by atoms with Gasteiger partial charge in [-0.25, -0.2) is 8.42 Å². The van der Waals surface area contributed by atoms with Gasteiger partial charge in [-0.3, -0.25) is 9.80 Å². The Labute approximate surface area is 231 Å². The molecule has 0 fully saturated rings. The summed E-state index contributed by atoms with van der Waals surface area (Å²) in [6.07, 6.45) is 12.8. The fourth-order valence-electron chi connectivity index (χ4n) is 5.72. The highest BCUT2D eigenvalue weighted by atomic mass is 32.2. The molecular formula is C33H46N2O2S. The molecule has 4 rings (SSSR count). The van der Waals surface area contributed by atoms with Crippen molar-refractivity contribution in [3.63, 3.8) is 0 Å². The molecule has 0 radical (unpaired) electrons. The molecule has 0 atom stereocenters. The first kappa shape index (κ1) is 28.8. The number of aryl methyl sites for hydroxylation is 1. The van der Waals surface area contributed by atoms with Crippen molar-refractivity contribution in [3.05, 3.63) is 77.4 Å². The van der Waals surface area contributed by atoms with E-state index in [4.69, 9.17) is 0 Å². The highest BCUT2D eigenvalue weighted by molar-refractivity contribution is 7.91. The number of rotatable bonds is 13. The van der Waals surface area contributed by atoms with Gasteiger partial charge in [-0.1, -0.05) is 68.8 Å². The Morgan fingerprint density at radius 2 is 1.34 bits per heavy atom. The maximum atomic E-state index is 13.1. The molecule has 38 heavy (non-hydrogen) atoms. The van der Waals surface area contributed by atoms with Gasteiger partial charge in [0.1, 0.15) is 0 Å². The van der Waals surface area contributed by atoms with E-state index in [1.807, 2.05) is 12.1 Å². The summed E-state index contributed by atoms with van der Waals surface area (Å²) in [6, 6.07) is 16.6. The normalized spacial score (nSPS) is 17.3. The van der Waals surface area contributed by atoms with E-state index in [0.717, 1.165) is 70.4 Å². The maximum absolute atomic E-state index is 13.1. The van der Waals surface area contributed by atoms with Crippen LogP contribution in [0, 0.1) is 0 Å². The third kappa shape index (κ3) is 8.14. The summed E-state index contributed by atoms with van der Waals surface area (Å²) >= 11 is 0. The van der Waals surface area contributed by atoms with E-state index < -0.39 is 9.84 Å². The van der Waals surface area contributed by atoms with Crippen LogP contribution < -0.4 is 0 Å². The van der Waals surface area contributed by atoms with Crippen molar-refractivity contribution in [2.24, 2.45) is 0 Å². The van der Waals surface area contributed by atoms with E-state index in [2.05, 4.69) is 66.1 Å². The minimum Gasteiger partial charge on any atom is -0.299 e. The summed E-state index contributed by atoms with van der Waals surface area (Å²) in [5.41, 5.74) is 6.52. The number of sulfone groups is 1. The maximum Gasteiger partial charge on any atom is 0.178 e. The van der Waals surface area contributed by atoms with E-state index in [-0.39, 0.29) is 5.75 Å². The van der Waals surface area contributed by atoms with Crippen LogP contribution in [0.1, 0.15) is 75.5 Å². The Balaban J connectivity index is 1.25. The Morgan fingerprint density at radius 3 is 1.92 bits per heavy atom. The third-order valence-corrected chi connectivity index (χ3v) is 9.70. The third-order valence-electron chi connectivity index (χ3n) is 7.91. The van der Waals surface area contributed by atoms with Gasteiger partial charge in [0.25, 0.3) is 0 Å². The molecule has 0 saturated carbocycles. The molecule has 0 N–H and O–H groups in total. The van der Waals surface area contributed by atoms with E-state index in [0.29, 0.717) is 11.3 Å². The van der Waals surface area contributed by atoms with Gasteiger partial charge in [0.05, 0.1) is 10.6 Å². The first-order chi connectivity index (χ1) is 18.5. The summed E-state index contributed by atoms with van der Waals surface area (Å²) in [6.45, 7) is 11.0. The van der Waals surface area contributed by atoms with Crippen molar-refractivity contribution in [2.75, 3.05) is 45.0 Å².